The summed E-state index contributed by atoms with van der Waals surface area (Å²) in [5.74, 6) is 0. The zero-order valence-corrected chi connectivity index (χ0v) is 10.1. The maximum Gasteiger partial charge on any atom is 0.107 e. The van der Waals surface area contributed by atoms with Gasteiger partial charge < -0.3 is 5.32 Å². The maximum atomic E-state index is 4.29. The van der Waals surface area contributed by atoms with Gasteiger partial charge in [-0.1, -0.05) is 5.21 Å². The van der Waals surface area contributed by atoms with E-state index in [0.717, 1.165) is 23.6 Å². The summed E-state index contributed by atoms with van der Waals surface area (Å²) < 4.78 is 3.57. The topological polar surface area (TPSA) is 60.6 Å². The van der Waals surface area contributed by atoms with Crippen LogP contribution in [0.4, 0.5) is 0 Å². The molecule has 1 aliphatic carbocycles. The van der Waals surface area contributed by atoms with Crippen LogP contribution in [0.5, 0.6) is 0 Å². The van der Waals surface area contributed by atoms with Crippen LogP contribution in [0.15, 0.2) is 12.4 Å². The Hall–Kier alpha value is -1.69. The third-order valence-corrected chi connectivity index (χ3v) is 2.92. The highest BCUT2D eigenvalue weighted by molar-refractivity contribution is 5.32. The van der Waals surface area contributed by atoms with Crippen LogP contribution in [-0.2, 0) is 13.6 Å². The normalized spacial score (nSPS) is 15.4. The van der Waals surface area contributed by atoms with Crippen molar-refractivity contribution in [1.29, 1.82) is 0 Å². The van der Waals surface area contributed by atoms with Gasteiger partial charge in [0.05, 0.1) is 23.8 Å². The zero-order chi connectivity index (χ0) is 11.8. The molecule has 6 heteroatoms. The SMILES string of the molecule is Cc1nn(C)cc1-n1cc(CNC2CC2)nn1. The van der Waals surface area contributed by atoms with Crippen molar-refractivity contribution in [3.8, 4) is 5.69 Å². The van der Waals surface area contributed by atoms with Gasteiger partial charge in [0.25, 0.3) is 0 Å². The summed E-state index contributed by atoms with van der Waals surface area (Å²) >= 11 is 0. The van der Waals surface area contributed by atoms with E-state index < -0.39 is 0 Å². The second kappa shape index (κ2) is 3.96. The van der Waals surface area contributed by atoms with E-state index in [1.54, 1.807) is 9.36 Å². The molecule has 0 aromatic carbocycles. The molecule has 17 heavy (non-hydrogen) atoms. The summed E-state index contributed by atoms with van der Waals surface area (Å²) in [4.78, 5) is 0. The predicted molar refractivity (Wildman–Crippen MR) is 62.7 cm³/mol. The molecule has 90 valence electrons. The Morgan fingerprint density at radius 3 is 2.88 bits per heavy atom. The van der Waals surface area contributed by atoms with Crippen molar-refractivity contribution in [3.05, 3.63) is 23.8 Å². The minimum atomic E-state index is 0.695. The molecule has 0 atom stereocenters. The molecule has 0 bridgehead atoms. The van der Waals surface area contributed by atoms with E-state index in [1.807, 2.05) is 26.4 Å². The van der Waals surface area contributed by atoms with E-state index in [0.29, 0.717) is 6.04 Å². The first-order chi connectivity index (χ1) is 8.22. The zero-order valence-electron chi connectivity index (χ0n) is 10.1. The van der Waals surface area contributed by atoms with Gasteiger partial charge in [-0.2, -0.15) is 5.10 Å². The molecule has 0 amide bonds. The highest BCUT2D eigenvalue weighted by atomic mass is 15.4. The molecular formula is C11H16N6. The van der Waals surface area contributed by atoms with E-state index in [1.165, 1.54) is 12.8 Å². The van der Waals surface area contributed by atoms with Crippen molar-refractivity contribution in [1.82, 2.24) is 30.1 Å². The van der Waals surface area contributed by atoms with Gasteiger partial charge >= 0.3 is 0 Å². The largest absolute Gasteiger partial charge is 0.308 e. The molecule has 1 fully saturated rings. The summed E-state index contributed by atoms with van der Waals surface area (Å²) in [7, 11) is 1.91. The molecule has 2 aromatic rings. The molecule has 0 spiro atoms. The summed E-state index contributed by atoms with van der Waals surface area (Å²) in [6.45, 7) is 2.77. The molecule has 1 saturated carbocycles. The maximum absolute atomic E-state index is 4.29. The molecule has 1 aliphatic rings. The Labute approximate surface area is 99.6 Å². The summed E-state index contributed by atoms with van der Waals surface area (Å²) in [6, 6.07) is 0.695. The third-order valence-electron chi connectivity index (χ3n) is 2.92. The van der Waals surface area contributed by atoms with Crippen molar-refractivity contribution in [2.45, 2.75) is 32.4 Å². The van der Waals surface area contributed by atoms with Crippen LogP contribution in [0.1, 0.15) is 24.2 Å². The van der Waals surface area contributed by atoms with E-state index in [-0.39, 0.29) is 0 Å². The van der Waals surface area contributed by atoms with Crippen molar-refractivity contribution in [2.75, 3.05) is 0 Å². The Morgan fingerprint density at radius 2 is 2.24 bits per heavy atom. The molecule has 0 aliphatic heterocycles. The summed E-state index contributed by atoms with van der Waals surface area (Å²) in [6.07, 6.45) is 6.48. The Balaban J connectivity index is 1.76. The second-order valence-corrected chi connectivity index (χ2v) is 4.58. The van der Waals surface area contributed by atoms with E-state index in [2.05, 4.69) is 20.7 Å². The van der Waals surface area contributed by atoms with Crippen molar-refractivity contribution < 1.29 is 0 Å². The fraction of sp³-hybridized carbons (Fsp3) is 0.545. The highest BCUT2D eigenvalue weighted by Gasteiger charge is 2.20. The first-order valence-corrected chi connectivity index (χ1v) is 5.87. The van der Waals surface area contributed by atoms with Crippen LogP contribution in [0, 0.1) is 6.92 Å². The average molecular weight is 232 g/mol. The lowest BCUT2D eigenvalue weighted by atomic mass is 10.4. The van der Waals surface area contributed by atoms with E-state index in [9.17, 15) is 0 Å². The van der Waals surface area contributed by atoms with Gasteiger partial charge in [-0.15, -0.1) is 5.10 Å². The van der Waals surface area contributed by atoms with Gasteiger partial charge in [-0.25, -0.2) is 4.68 Å². The Morgan fingerprint density at radius 1 is 1.41 bits per heavy atom. The monoisotopic (exact) mass is 232 g/mol. The number of aryl methyl sites for hydroxylation is 2. The van der Waals surface area contributed by atoms with Crippen LogP contribution in [0.2, 0.25) is 0 Å². The van der Waals surface area contributed by atoms with Gasteiger partial charge in [0.2, 0.25) is 0 Å². The summed E-state index contributed by atoms with van der Waals surface area (Å²) in [5, 5.41) is 16.0. The molecule has 1 N–H and O–H groups in total. The molecule has 2 aromatic heterocycles. The number of hydrogen-bond acceptors (Lipinski definition) is 4. The quantitative estimate of drug-likeness (QED) is 0.836. The Kier molecular flexibility index (Phi) is 2.44. The molecule has 0 radical (unpaired) electrons. The third kappa shape index (κ3) is 2.21. The number of rotatable bonds is 4. The first-order valence-electron chi connectivity index (χ1n) is 5.87. The summed E-state index contributed by atoms with van der Waals surface area (Å²) in [5.41, 5.74) is 2.91. The molecule has 2 heterocycles. The number of nitrogens with zero attached hydrogens (tertiary/aromatic N) is 5. The molecular weight excluding hydrogens is 216 g/mol. The molecule has 0 unspecified atom stereocenters. The van der Waals surface area contributed by atoms with Crippen molar-refractivity contribution >= 4 is 0 Å². The molecule has 6 nitrogen and oxygen atoms in total. The van der Waals surface area contributed by atoms with Crippen molar-refractivity contribution in [2.24, 2.45) is 7.05 Å². The van der Waals surface area contributed by atoms with Crippen LogP contribution in [0.25, 0.3) is 5.69 Å². The average Bonchev–Trinajstić information content (AvgIpc) is 2.90. The fourth-order valence-electron chi connectivity index (χ4n) is 1.85. The van der Waals surface area contributed by atoms with Gasteiger partial charge in [-0.3, -0.25) is 4.68 Å². The molecule has 3 rings (SSSR count). The van der Waals surface area contributed by atoms with Crippen molar-refractivity contribution in [3.63, 3.8) is 0 Å². The fourth-order valence-corrected chi connectivity index (χ4v) is 1.85. The number of nitrogens with one attached hydrogen (secondary N) is 1. The van der Waals surface area contributed by atoms with Gasteiger partial charge in [0.15, 0.2) is 0 Å². The first kappa shape index (κ1) is 10.5. The standard InChI is InChI=1S/C11H16N6/c1-8-11(7-16(2)14-8)17-6-10(13-15-17)5-12-9-3-4-9/h6-7,9,12H,3-5H2,1-2H3. The van der Waals surface area contributed by atoms with Gasteiger partial charge in [0, 0.05) is 19.6 Å². The lowest BCUT2D eigenvalue weighted by Crippen LogP contribution is -2.15. The minimum absolute atomic E-state index is 0.695. The van der Waals surface area contributed by atoms with Gasteiger partial charge in [-0.05, 0) is 19.8 Å². The number of aromatic nitrogens is 5. The smallest absolute Gasteiger partial charge is 0.107 e. The lowest BCUT2D eigenvalue weighted by molar-refractivity contribution is 0.671. The number of hydrogen-bond donors (Lipinski definition) is 1. The van der Waals surface area contributed by atoms with E-state index in [4.69, 9.17) is 0 Å². The molecule has 0 saturated heterocycles. The lowest BCUT2D eigenvalue weighted by Gasteiger charge is -1.97. The van der Waals surface area contributed by atoms with E-state index >= 15 is 0 Å². The Bertz CT molecular complexity index is 522. The van der Waals surface area contributed by atoms with Crippen LogP contribution in [-0.4, -0.2) is 30.8 Å². The van der Waals surface area contributed by atoms with Crippen LogP contribution in [0.3, 0.4) is 0 Å². The minimum Gasteiger partial charge on any atom is -0.308 e. The van der Waals surface area contributed by atoms with Gasteiger partial charge in [0.1, 0.15) is 5.69 Å². The second-order valence-electron chi connectivity index (χ2n) is 4.58. The van der Waals surface area contributed by atoms with Crippen LogP contribution >= 0.6 is 0 Å². The highest BCUT2D eigenvalue weighted by Crippen LogP contribution is 2.19. The predicted octanol–water partition coefficient (Wildman–Crippen LogP) is 0.561. The van der Waals surface area contributed by atoms with Crippen LogP contribution < -0.4 is 5.32 Å².